The highest BCUT2D eigenvalue weighted by Gasteiger charge is 2.16. The smallest absolute Gasteiger partial charge is 0.300 e. The molecule has 0 spiro atoms. The van der Waals surface area contributed by atoms with Gasteiger partial charge in [-0.1, -0.05) is 24.1 Å². The van der Waals surface area contributed by atoms with Crippen LogP contribution in [-0.4, -0.2) is 32.1 Å². The lowest BCUT2D eigenvalue weighted by atomic mass is 9.98. The molecule has 2 N–H and O–H groups in total. The van der Waals surface area contributed by atoms with Crippen LogP contribution >= 0.6 is 11.6 Å². The van der Waals surface area contributed by atoms with E-state index in [4.69, 9.17) is 26.2 Å². The Morgan fingerprint density at radius 3 is 2.49 bits per heavy atom. The van der Waals surface area contributed by atoms with Crippen LogP contribution in [0, 0.1) is 12.7 Å². The number of aliphatic carboxylic acids is 1. The third-order valence-corrected chi connectivity index (χ3v) is 6.30. The van der Waals surface area contributed by atoms with Gasteiger partial charge in [-0.2, -0.15) is 0 Å². The minimum atomic E-state index is -0.833. The zero-order chi connectivity index (χ0) is 24.9. The lowest BCUT2D eigenvalue weighted by Crippen LogP contribution is -2.20. The van der Waals surface area contributed by atoms with Crippen LogP contribution < -0.4 is 4.74 Å². The quantitative estimate of drug-likeness (QED) is 0.312. The number of carboxylic acid groups (broad SMARTS) is 1. The van der Waals surface area contributed by atoms with E-state index in [9.17, 15) is 4.39 Å². The summed E-state index contributed by atoms with van der Waals surface area (Å²) >= 11 is 6.19. The molecule has 182 valence electrons. The van der Waals surface area contributed by atoms with Crippen LogP contribution in [0.1, 0.15) is 44.6 Å². The number of ether oxygens (including phenoxy) is 1. The summed E-state index contributed by atoms with van der Waals surface area (Å²) in [6, 6.07) is 12.6. The van der Waals surface area contributed by atoms with Crippen molar-refractivity contribution in [3.63, 3.8) is 0 Å². The van der Waals surface area contributed by atoms with Gasteiger partial charge in [-0.25, -0.2) is 14.4 Å². The van der Waals surface area contributed by atoms with Crippen LogP contribution in [0.5, 0.6) is 5.88 Å². The van der Waals surface area contributed by atoms with E-state index in [1.807, 2.05) is 31.2 Å². The number of nitrogens with one attached hydrogen (secondary N) is 1. The Kier molecular flexibility index (Phi) is 7.66. The number of imidazole rings is 1. The SMILES string of the molecule is CC(=O)O.Cc1cc2[nH]c(-c3ccc(-c4ccc(OC5CCCCC5)nc4)cc3F)nc2cc1Cl. The first kappa shape index (κ1) is 24.7. The van der Waals surface area contributed by atoms with Gasteiger partial charge in [0, 0.05) is 29.8 Å². The second kappa shape index (κ2) is 10.9. The minimum Gasteiger partial charge on any atom is -0.481 e. The molecule has 0 atom stereocenters. The molecular formula is C27H27ClFN3O3. The lowest BCUT2D eigenvalue weighted by molar-refractivity contribution is -0.134. The number of aryl methyl sites for hydroxylation is 1. The van der Waals surface area contributed by atoms with Crippen molar-refractivity contribution < 1.29 is 19.0 Å². The molecule has 5 rings (SSSR count). The molecule has 35 heavy (non-hydrogen) atoms. The number of H-pyrrole nitrogens is 1. The molecule has 0 radical (unpaired) electrons. The highest BCUT2D eigenvalue weighted by molar-refractivity contribution is 6.32. The summed E-state index contributed by atoms with van der Waals surface area (Å²) in [5, 5.41) is 8.06. The second-order valence-corrected chi connectivity index (χ2v) is 9.09. The van der Waals surface area contributed by atoms with Crippen LogP contribution in [0.2, 0.25) is 5.02 Å². The van der Waals surface area contributed by atoms with Crippen molar-refractivity contribution in [2.75, 3.05) is 0 Å². The van der Waals surface area contributed by atoms with E-state index >= 15 is 0 Å². The summed E-state index contributed by atoms with van der Waals surface area (Å²) in [5.74, 6) is -0.0686. The van der Waals surface area contributed by atoms with E-state index in [0.717, 1.165) is 42.0 Å². The fraction of sp³-hybridized carbons (Fsp3) is 0.296. The Balaban J connectivity index is 0.000000672. The number of hydrogen-bond donors (Lipinski definition) is 2. The number of aromatic amines is 1. The van der Waals surface area contributed by atoms with Gasteiger partial charge in [0.05, 0.1) is 16.6 Å². The van der Waals surface area contributed by atoms with Crippen LogP contribution in [0.4, 0.5) is 4.39 Å². The molecule has 0 unspecified atom stereocenters. The van der Waals surface area contributed by atoms with Gasteiger partial charge in [-0.15, -0.1) is 0 Å². The van der Waals surface area contributed by atoms with Crippen molar-refractivity contribution >= 4 is 28.6 Å². The Morgan fingerprint density at radius 1 is 1.11 bits per heavy atom. The zero-order valence-electron chi connectivity index (χ0n) is 19.6. The van der Waals surface area contributed by atoms with E-state index in [-0.39, 0.29) is 11.9 Å². The number of carboxylic acids is 1. The van der Waals surface area contributed by atoms with Gasteiger partial charge < -0.3 is 14.8 Å². The molecule has 0 bridgehead atoms. The summed E-state index contributed by atoms with van der Waals surface area (Å²) in [5.41, 5.74) is 4.51. The number of hydrogen-bond acceptors (Lipinski definition) is 4. The Labute approximate surface area is 208 Å². The summed E-state index contributed by atoms with van der Waals surface area (Å²) < 4.78 is 21.0. The number of carbonyl (C=O) groups is 1. The molecule has 6 nitrogen and oxygen atoms in total. The molecule has 2 aromatic carbocycles. The molecule has 1 fully saturated rings. The third-order valence-electron chi connectivity index (χ3n) is 5.90. The van der Waals surface area contributed by atoms with E-state index in [0.29, 0.717) is 27.8 Å². The topological polar surface area (TPSA) is 88.1 Å². The number of pyridine rings is 1. The normalized spacial score (nSPS) is 13.8. The van der Waals surface area contributed by atoms with Crippen molar-refractivity contribution in [3.8, 4) is 28.4 Å². The van der Waals surface area contributed by atoms with Crippen molar-refractivity contribution in [1.82, 2.24) is 15.0 Å². The first-order valence-electron chi connectivity index (χ1n) is 11.6. The van der Waals surface area contributed by atoms with Crippen molar-refractivity contribution in [3.05, 3.63) is 65.1 Å². The monoisotopic (exact) mass is 495 g/mol. The standard InChI is InChI=1S/C25H23ClFN3O.C2H4O2/c1-15-11-22-23(13-20(15)26)30-25(29-22)19-9-7-16(12-21(19)27)17-8-10-24(28-14-17)31-18-5-3-2-4-6-18;1-2(3)4/h7-14,18H,2-6H2,1H3,(H,29,30);1H3,(H,3,4). The van der Waals surface area contributed by atoms with E-state index in [2.05, 4.69) is 15.0 Å². The Morgan fingerprint density at radius 2 is 1.83 bits per heavy atom. The fourth-order valence-corrected chi connectivity index (χ4v) is 4.29. The molecule has 0 amide bonds. The first-order chi connectivity index (χ1) is 16.8. The number of nitrogens with zero attached hydrogens (tertiary/aromatic N) is 2. The van der Waals surface area contributed by atoms with Crippen LogP contribution in [0.15, 0.2) is 48.7 Å². The van der Waals surface area contributed by atoms with Gasteiger partial charge >= 0.3 is 0 Å². The summed E-state index contributed by atoms with van der Waals surface area (Å²) in [6.07, 6.45) is 7.88. The van der Waals surface area contributed by atoms with Gasteiger partial charge in [0.2, 0.25) is 5.88 Å². The second-order valence-electron chi connectivity index (χ2n) is 8.68. The van der Waals surface area contributed by atoms with Gasteiger partial charge in [0.25, 0.3) is 5.97 Å². The molecule has 1 aliphatic carbocycles. The molecule has 4 aromatic rings. The molecule has 2 aromatic heterocycles. The first-order valence-corrected chi connectivity index (χ1v) is 12.0. The van der Waals surface area contributed by atoms with Crippen molar-refractivity contribution in [1.29, 1.82) is 0 Å². The number of benzene rings is 2. The number of halogens is 2. The van der Waals surface area contributed by atoms with Gasteiger partial charge in [-0.3, -0.25) is 4.79 Å². The van der Waals surface area contributed by atoms with Gasteiger partial charge in [0.1, 0.15) is 17.7 Å². The third kappa shape index (κ3) is 6.17. The Bertz CT molecular complexity index is 1290. The average Bonchev–Trinajstić information content (AvgIpc) is 3.22. The van der Waals surface area contributed by atoms with Gasteiger partial charge in [-0.05, 0) is 74.1 Å². The fourth-order valence-electron chi connectivity index (χ4n) is 4.13. The number of rotatable bonds is 4. The predicted octanol–water partition coefficient (Wildman–Crippen LogP) is 7.20. The number of aromatic nitrogens is 3. The van der Waals surface area contributed by atoms with Crippen molar-refractivity contribution in [2.45, 2.75) is 52.1 Å². The highest BCUT2D eigenvalue weighted by atomic mass is 35.5. The maximum absolute atomic E-state index is 15.0. The van der Waals surface area contributed by atoms with Gasteiger partial charge in [0.15, 0.2) is 0 Å². The Hall–Kier alpha value is -3.45. The molecule has 1 aliphatic rings. The lowest BCUT2D eigenvalue weighted by Gasteiger charge is -2.22. The van der Waals surface area contributed by atoms with E-state index in [1.165, 1.54) is 25.3 Å². The summed E-state index contributed by atoms with van der Waals surface area (Å²) in [4.78, 5) is 21.1. The van der Waals surface area contributed by atoms with E-state index in [1.54, 1.807) is 18.3 Å². The van der Waals surface area contributed by atoms with Crippen LogP contribution in [0.3, 0.4) is 0 Å². The largest absolute Gasteiger partial charge is 0.481 e. The molecule has 8 heteroatoms. The summed E-state index contributed by atoms with van der Waals surface area (Å²) in [6.45, 7) is 3.01. The zero-order valence-corrected chi connectivity index (χ0v) is 20.4. The molecule has 0 saturated heterocycles. The predicted molar refractivity (Wildman–Crippen MR) is 135 cm³/mol. The number of fused-ring (bicyclic) bond motifs is 1. The minimum absolute atomic E-state index is 0.256. The van der Waals surface area contributed by atoms with Crippen molar-refractivity contribution in [2.24, 2.45) is 0 Å². The van der Waals surface area contributed by atoms with Crippen LogP contribution in [-0.2, 0) is 4.79 Å². The summed E-state index contributed by atoms with van der Waals surface area (Å²) in [7, 11) is 0. The average molecular weight is 496 g/mol. The molecular weight excluding hydrogens is 469 g/mol. The maximum atomic E-state index is 15.0. The van der Waals surface area contributed by atoms with E-state index < -0.39 is 5.97 Å². The highest BCUT2D eigenvalue weighted by Crippen LogP contribution is 2.30. The molecule has 2 heterocycles. The molecule has 0 aliphatic heterocycles. The molecule has 1 saturated carbocycles. The van der Waals surface area contributed by atoms with Crippen LogP contribution in [0.25, 0.3) is 33.5 Å². The maximum Gasteiger partial charge on any atom is 0.300 e.